The number of halogens is 1. The van der Waals surface area contributed by atoms with Crippen molar-refractivity contribution in [3.05, 3.63) is 40.1 Å². The Bertz CT molecular complexity index is 642. The molecule has 0 bridgehead atoms. The number of oxazole rings is 1. The molecular weight excluding hydrogens is 336 g/mol. The van der Waals surface area contributed by atoms with Crippen LogP contribution < -0.4 is 10.6 Å². The van der Waals surface area contributed by atoms with Gasteiger partial charge in [-0.05, 0) is 42.8 Å². The lowest BCUT2D eigenvalue weighted by Crippen LogP contribution is -2.28. The lowest BCUT2D eigenvalue weighted by Gasteiger charge is -2.13. The van der Waals surface area contributed by atoms with Gasteiger partial charge < -0.3 is 15.1 Å². The van der Waals surface area contributed by atoms with Gasteiger partial charge in [0.1, 0.15) is 17.6 Å². The monoisotopic (exact) mass is 352 g/mol. The summed E-state index contributed by atoms with van der Waals surface area (Å²) in [5, 5.41) is 5.93. The number of nitrogens with zero attached hydrogens (tertiary/aromatic N) is 2. The highest BCUT2D eigenvalue weighted by Crippen LogP contribution is 2.19. The first-order chi connectivity index (χ1) is 10.0. The zero-order chi connectivity index (χ0) is 15.4. The van der Waals surface area contributed by atoms with Crippen molar-refractivity contribution in [3.8, 4) is 0 Å². The summed E-state index contributed by atoms with van der Waals surface area (Å²) >= 11 is 3.33. The van der Waals surface area contributed by atoms with E-state index in [1.165, 1.54) is 0 Å². The fourth-order valence-electron chi connectivity index (χ4n) is 1.83. The van der Waals surface area contributed by atoms with Crippen molar-refractivity contribution in [2.75, 3.05) is 11.9 Å². The molecule has 0 saturated carbocycles. The standard InChI is InChI=1S/C14H17BrN4O2/c1-4-16-12-11(5-10(15)7-17-12)13(20)19-9(3)14-18-6-8(2)21-14/h5-7,9H,4H2,1-3H3,(H,16,17)(H,19,20). The zero-order valence-corrected chi connectivity index (χ0v) is 13.7. The number of carbonyl (C=O) groups excluding carboxylic acids is 1. The minimum atomic E-state index is -0.320. The molecule has 0 aliphatic carbocycles. The molecule has 2 aromatic heterocycles. The van der Waals surface area contributed by atoms with Crippen LogP contribution in [0, 0.1) is 6.92 Å². The van der Waals surface area contributed by atoms with Crippen molar-refractivity contribution in [3.63, 3.8) is 0 Å². The number of nitrogens with one attached hydrogen (secondary N) is 2. The Morgan fingerprint density at radius 3 is 2.81 bits per heavy atom. The Hall–Kier alpha value is -1.89. The van der Waals surface area contributed by atoms with Gasteiger partial charge in [0.2, 0.25) is 5.89 Å². The second-order valence-corrected chi connectivity index (χ2v) is 5.50. The van der Waals surface area contributed by atoms with Crippen LogP contribution in [0.25, 0.3) is 0 Å². The first kappa shape index (κ1) is 15.5. The number of aryl methyl sites for hydroxylation is 1. The molecule has 0 aliphatic rings. The Labute approximate surface area is 131 Å². The van der Waals surface area contributed by atoms with Crippen molar-refractivity contribution in [2.45, 2.75) is 26.8 Å². The van der Waals surface area contributed by atoms with E-state index >= 15 is 0 Å². The number of aromatic nitrogens is 2. The summed E-state index contributed by atoms with van der Waals surface area (Å²) in [6.07, 6.45) is 3.28. The highest BCUT2D eigenvalue weighted by molar-refractivity contribution is 9.10. The largest absolute Gasteiger partial charge is 0.444 e. The maximum Gasteiger partial charge on any atom is 0.255 e. The zero-order valence-electron chi connectivity index (χ0n) is 12.1. The second kappa shape index (κ2) is 6.71. The molecule has 2 heterocycles. The SMILES string of the molecule is CCNc1ncc(Br)cc1C(=O)NC(C)c1ncc(C)o1. The fraction of sp³-hybridized carbons (Fsp3) is 0.357. The number of rotatable bonds is 5. The van der Waals surface area contributed by atoms with Crippen LogP contribution in [0.1, 0.15) is 41.9 Å². The van der Waals surface area contributed by atoms with Crippen LogP contribution in [0.2, 0.25) is 0 Å². The van der Waals surface area contributed by atoms with Crippen molar-refractivity contribution in [1.29, 1.82) is 0 Å². The normalized spacial score (nSPS) is 12.0. The molecule has 2 aromatic rings. The van der Waals surface area contributed by atoms with Gasteiger partial charge in [0, 0.05) is 17.2 Å². The van der Waals surface area contributed by atoms with Gasteiger partial charge in [0.25, 0.3) is 5.91 Å². The van der Waals surface area contributed by atoms with Crippen molar-refractivity contribution < 1.29 is 9.21 Å². The maximum absolute atomic E-state index is 12.4. The molecular formula is C14H17BrN4O2. The lowest BCUT2D eigenvalue weighted by molar-refractivity contribution is 0.0934. The number of amides is 1. The van der Waals surface area contributed by atoms with Gasteiger partial charge in [0.05, 0.1) is 11.8 Å². The first-order valence-electron chi connectivity index (χ1n) is 6.64. The van der Waals surface area contributed by atoms with E-state index in [9.17, 15) is 4.79 Å². The van der Waals surface area contributed by atoms with Gasteiger partial charge in [-0.3, -0.25) is 4.79 Å². The number of hydrogen-bond acceptors (Lipinski definition) is 5. The second-order valence-electron chi connectivity index (χ2n) is 4.58. The van der Waals surface area contributed by atoms with E-state index in [0.717, 1.165) is 4.47 Å². The van der Waals surface area contributed by atoms with Crippen molar-refractivity contribution in [1.82, 2.24) is 15.3 Å². The van der Waals surface area contributed by atoms with E-state index in [2.05, 4.69) is 36.5 Å². The van der Waals surface area contributed by atoms with E-state index in [1.54, 1.807) is 18.5 Å². The third-order valence-corrected chi connectivity index (χ3v) is 3.23. The van der Waals surface area contributed by atoms with E-state index in [4.69, 9.17) is 4.42 Å². The predicted octanol–water partition coefficient (Wildman–Crippen LogP) is 3.06. The molecule has 1 amide bonds. The number of pyridine rings is 1. The van der Waals surface area contributed by atoms with Crippen LogP contribution >= 0.6 is 15.9 Å². The molecule has 1 unspecified atom stereocenters. The Kier molecular flexibility index (Phi) is 4.95. The minimum absolute atomic E-state index is 0.233. The van der Waals surface area contributed by atoms with Crippen LogP contribution in [-0.2, 0) is 0 Å². The Morgan fingerprint density at radius 2 is 2.19 bits per heavy atom. The summed E-state index contributed by atoms with van der Waals surface area (Å²) in [7, 11) is 0. The third-order valence-electron chi connectivity index (χ3n) is 2.80. The van der Waals surface area contributed by atoms with Gasteiger partial charge in [0.15, 0.2) is 0 Å². The van der Waals surface area contributed by atoms with Crippen LogP contribution in [0.5, 0.6) is 0 Å². The highest BCUT2D eigenvalue weighted by atomic mass is 79.9. The van der Waals surface area contributed by atoms with Crippen LogP contribution in [-0.4, -0.2) is 22.4 Å². The average molecular weight is 353 g/mol. The fourth-order valence-corrected chi connectivity index (χ4v) is 2.16. The molecule has 1 atom stereocenters. The van der Waals surface area contributed by atoms with Crippen molar-refractivity contribution in [2.24, 2.45) is 0 Å². The Morgan fingerprint density at radius 1 is 1.43 bits per heavy atom. The lowest BCUT2D eigenvalue weighted by atomic mass is 10.2. The Balaban J connectivity index is 2.18. The minimum Gasteiger partial charge on any atom is -0.444 e. The molecule has 0 radical (unpaired) electrons. The summed E-state index contributed by atoms with van der Waals surface area (Å²) in [6, 6.07) is 1.41. The molecule has 0 aliphatic heterocycles. The van der Waals surface area contributed by atoms with Gasteiger partial charge >= 0.3 is 0 Å². The highest BCUT2D eigenvalue weighted by Gasteiger charge is 2.18. The summed E-state index contributed by atoms with van der Waals surface area (Å²) in [4.78, 5) is 20.7. The summed E-state index contributed by atoms with van der Waals surface area (Å²) in [5.74, 6) is 1.51. The molecule has 0 spiro atoms. The number of anilines is 1. The molecule has 0 aromatic carbocycles. The molecule has 2 rings (SSSR count). The third kappa shape index (κ3) is 3.81. The quantitative estimate of drug-likeness (QED) is 0.864. The van der Waals surface area contributed by atoms with E-state index in [-0.39, 0.29) is 11.9 Å². The number of carbonyl (C=O) groups is 1. The summed E-state index contributed by atoms with van der Waals surface area (Å²) in [6.45, 7) is 6.26. The maximum atomic E-state index is 12.4. The van der Waals surface area contributed by atoms with E-state index in [1.807, 2.05) is 20.8 Å². The van der Waals surface area contributed by atoms with Crippen LogP contribution in [0.15, 0.2) is 27.3 Å². The average Bonchev–Trinajstić information content (AvgIpc) is 2.87. The summed E-state index contributed by atoms with van der Waals surface area (Å²) < 4.78 is 6.16. The molecule has 2 N–H and O–H groups in total. The summed E-state index contributed by atoms with van der Waals surface area (Å²) in [5.41, 5.74) is 0.473. The van der Waals surface area contributed by atoms with Gasteiger partial charge in [-0.25, -0.2) is 9.97 Å². The molecule has 0 saturated heterocycles. The molecule has 7 heteroatoms. The first-order valence-corrected chi connectivity index (χ1v) is 7.43. The van der Waals surface area contributed by atoms with Crippen LogP contribution in [0.4, 0.5) is 5.82 Å². The molecule has 112 valence electrons. The molecule has 6 nitrogen and oxygen atoms in total. The molecule has 21 heavy (non-hydrogen) atoms. The van der Waals surface area contributed by atoms with E-state index < -0.39 is 0 Å². The van der Waals surface area contributed by atoms with Crippen molar-refractivity contribution >= 4 is 27.7 Å². The van der Waals surface area contributed by atoms with E-state index in [0.29, 0.717) is 29.6 Å². The van der Waals surface area contributed by atoms with Gasteiger partial charge in [-0.1, -0.05) is 0 Å². The molecule has 0 fully saturated rings. The topological polar surface area (TPSA) is 80.0 Å². The smallest absolute Gasteiger partial charge is 0.255 e. The number of hydrogen-bond donors (Lipinski definition) is 2. The predicted molar refractivity (Wildman–Crippen MR) is 83.2 cm³/mol. The van der Waals surface area contributed by atoms with Crippen LogP contribution in [0.3, 0.4) is 0 Å². The van der Waals surface area contributed by atoms with Gasteiger partial charge in [-0.15, -0.1) is 0 Å². The van der Waals surface area contributed by atoms with Gasteiger partial charge in [-0.2, -0.15) is 0 Å².